The summed E-state index contributed by atoms with van der Waals surface area (Å²) >= 11 is 3.38. The van der Waals surface area contributed by atoms with E-state index in [4.69, 9.17) is 0 Å². The summed E-state index contributed by atoms with van der Waals surface area (Å²) in [5, 5.41) is 7.22. The fourth-order valence-electron chi connectivity index (χ4n) is 2.47. The van der Waals surface area contributed by atoms with E-state index >= 15 is 0 Å². The van der Waals surface area contributed by atoms with Gasteiger partial charge in [-0.05, 0) is 23.8 Å². The zero-order valence-corrected chi connectivity index (χ0v) is 15.6. The van der Waals surface area contributed by atoms with Crippen LogP contribution in [0.5, 0.6) is 0 Å². The summed E-state index contributed by atoms with van der Waals surface area (Å²) < 4.78 is 2.33. The molecule has 0 spiro atoms. The molecule has 0 atom stereocenters. The van der Waals surface area contributed by atoms with Crippen molar-refractivity contribution in [2.24, 2.45) is 0 Å². The Bertz CT molecular complexity index is 937. The molecule has 132 valence electrons. The van der Waals surface area contributed by atoms with Crippen LogP contribution in [0.3, 0.4) is 0 Å². The van der Waals surface area contributed by atoms with Crippen molar-refractivity contribution >= 4 is 21.8 Å². The fraction of sp³-hybridized carbons (Fsp3) is 0.150. The van der Waals surface area contributed by atoms with E-state index in [2.05, 4.69) is 26.3 Å². The first-order chi connectivity index (χ1) is 12.6. The zero-order valence-electron chi connectivity index (χ0n) is 14.1. The first-order valence-corrected chi connectivity index (χ1v) is 9.06. The van der Waals surface area contributed by atoms with Crippen LogP contribution in [-0.2, 0) is 17.9 Å². The van der Waals surface area contributed by atoms with Crippen LogP contribution >= 0.6 is 15.9 Å². The number of benzene rings is 2. The molecule has 0 aliphatic heterocycles. The van der Waals surface area contributed by atoms with E-state index in [9.17, 15) is 9.59 Å². The second kappa shape index (κ2) is 8.58. The average Bonchev–Trinajstić information content (AvgIpc) is 2.67. The third-order valence-electron chi connectivity index (χ3n) is 3.89. The molecule has 3 aromatic rings. The van der Waals surface area contributed by atoms with Gasteiger partial charge in [0.25, 0.3) is 5.56 Å². The first kappa shape index (κ1) is 18.1. The molecule has 1 amide bonds. The maximum absolute atomic E-state index is 12.1. The number of rotatable bonds is 6. The number of amides is 1. The Labute approximate surface area is 159 Å². The molecule has 6 heteroatoms. The molecule has 1 N–H and O–H groups in total. The van der Waals surface area contributed by atoms with Gasteiger partial charge >= 0.3 is 0 Å². The normalized spacial score (nSPS) is 10.5. The van der Waals surface area contributed by atoms with Crippen LogP contribution in [0.25, 0.3) is 11.3 Å². The molecule has 0 aliphatic carbocycles. The number of nitrogens with one attached hydrogen (secondary N) is 1. The lowest BCUT2D eigenvalue weighted by Crippen LogP contribution is -2.28. The van der Waals surface area contributed by atoms with Gasteiger partial charge in [-0.2, -0.15) is 5.10 Å². The fourth-order valence-corrected chi connectivity index (χ4v) is 2.74. The highest BCUT2D eigenvalue weighted by molar-refractivity contribution is 9.10. The van der Waals surface area contributed by atoms with E-state index in [-0.39, 0.29) is 24.4 Å². The van der Waals surface area contributed by atoms with Crippen molar-refractivity contribution in [3.05, 3.63) is 87.1 Å². The molecular weight excluding hydrogens is 394 g/mol. The summed E-state index contributed by atoms with van der Waals surface area (Å²) in [4.78, 5) is 24.1. The number of hydrogen-bond acceptors (Lipinski definition) is 3. The van der Waals surface area contributed by atoms with Gasteiger partial charge in [-0.25, -0.2) is 4.68 Å². The molecule has 0 saturated heterocycles. The molecule has 2 aromatic carbocycles. The minimum absolute atomic E-state index is 0.119. The topological polar surface area (TPSA) is 64.0 Å². The minimum Gasteiger partial charge on any atom is -0.352 e. The molecule has 0 fully saturated rings. The average molecular weight is 412 g/mol. The van der Waals surface area contributed by atoms with Crippen LogP contribution in [-0.4, -0.2) is 15.7 Å². The molecule has 0 unspecified atom stereocenters. The molecule has 5 nitrogen and oxygen atoms in total. The summed E-state index contributed by atoms with van der Waals surface area (Å²) in [6.07, 6.45) is 0.196. The molecule has 0 saturated carbocycles. The van der Waals surface area contributed by atoms with Crippen molar-refractivity contribution in [3.8, 4) is 11.3 Å². The Morgan fingerprint density at radius 2 is 1.73 bits per heavy atom. The number of aromatic nitrogens is 2. The highest BCUT2D eigenvalue weighted by Crippen LogP contribution is 2.14. The third kappa shape index (κ3) is 4.89. The Balaban J connectivity index is 1.59. The first-order valence-electron chi connectivity index (χ1n) is 8.26. The maximum atomic E-state index is 12.1. The van der Waals surface area contributed by atoms with Crippen LogP contribution in [0.4, 0.5) is 0 Å². The molecule has 0 radical (unpaired) electrons. The third-order valence-corrected chi connectivity index (χ3v) is 4.42. The smallest absolute Gasteiger partial charge is 0.266 e. The number of carbonyl (C=O) groups excluding carboxylic acids is 1. The van der Waals surface area contributed by atoms with Gasteiger partial charge in [-0.15, -0.1) is 0 Å². The molecule has 26 heavy (non-hydrogen) atoms. The maximum Gasteiger partial charge on any atom is 0.266 e. The summed E-state index contributed by atoms with van der Waals surface area (Å²) in [6, 6.07) is 20.6. The molecule has 1 heterocycles. The Morgan fingerprint density at radius 3 is 2.46 bits per heavy atom. The molecule has 0 bridgehead atoms. The summed E-state index contributed by atoms with van der Waals surface area (Å²) in [5.74, 6) is -0.119. The quantitative estimate of drug-likeness (QED) is 0.675. The number of carbonyl (C=O) groups is 1. The largest absolute Gasteiger partial charge is 0.352 e. The van der Waals surface area contributed by atoms with Crippen molar-refractivity contribution in [1.29, 1.82) is 0 Å². The lowest BCUT2D eigenvalue weighted by molar-refractivity contribution is -0.121. The van der Waals surface area contributed by atoms with Crippen LogP contribution in [0.2, 0.25) is 0 Å². The van der Waals surface area contributed by atoms with Crippen LogP contribution in [0, 0.1) is 0 Å². The van der Waals surface area contributed by atoms with Crippen LogP contribution < -0.4 is 10.9 Å². The predicted molar refractivity (Wildman–Crippen MR) is 105 cm³/mol. The van der Waals surface area contributed by atoms with Gasteiger partial charge in [0.05, 0.1) is 12.2 Å². The van der Waals surface area contributed by atoms with Crippen LogP contribution in [0.15, 0.2) is 76.0 Å². The monoisotopic (exact) mass is 411 g/mol. The second-order valence-electron chi connectivity index (χ2n) is 5.80. The molecule has 3 rings (SSSR count). The van der Waals surface area contributed by atoms with E-state index in [0.29, 0.717) is 12.2 Å². The molecule has 1 aromatic heterocycles. The predicted octanol–water partition coefficient (Wildman–Crippen LogP) is 3.38. The number of halogens is 1. The standard InChI is InChI=1S/C20H18BrN3O2/c21-17-8-6-15(7-9-17)14-22-19(25)12-13-24-20(26)11-10-18(23-24)16-4-2-1-3-5-16/h1-11H,12-14H2,(H,22,25). The van der Waals surface area contributed by atoms with Crippen molar-refractivity contribution in [2.75, 3.05) is 0 Å². The Kier molecular flexibility index (Phi) is 5.96. The highest BCUT2D eigenvalue weighted by Gasteiger charge is 2.06. The minimum atomic E-state index is -0.217. The van der Waals surface area contributed by atoms with Gasteiger partial charge in [-0.1, -0.05) is 58.4 Å². The van der Waals surface area contributed by atoms with E-state index in [1.165, 1.54) is 10.7 Å². The van der Waals surface area contributed by atoms with Gasteiger partial charge < -0.3 is 5.32 Å². The van der Waals surface area contributed by atoms with E-state index in [1.807, 2.05) is 54.6 Å². The van der Waals surface area contributed by atoms with Crippen molar-refractivity contribution < 1.29 is 4.79 Å². The van der Waals surface area contributed by atoms with Crippen molar-refractivity contribution in [2.45, 2.75) is 19.5 Å². The van der Waals surface area contributed by atoms with Gasteiger partial charge in [0.1, 0.15) is 0 Å². The summed E-state index contributed by atoms with van der Waals surface area (Å²) in [5.41, 5.74) is 2.44. The Morgan fingerprint density at radius 1 is 1.00 bits per heavy atom. The van der Waals surface area contributed by atoms with Crippen molar-refractivity contribution in [1.82, 2.24) is 15.1 Å². The van der Waals surface area contributed by atoms with Gasteiger partial charge in [-0.3, -0.25) is 9.59 Å². The Hall–Kier alpha value is -2.73. The SMILES string of the molecule is O=C(CCn1nc(-c2ccccc2)ccc1=O)NCc1ccc(Br)cc1. The van der Waals surface area contributed by atoms with E-state index < -0.39 is 0 Å². The lowest BCUT2D eigenvalue weighted by atomic mass is 10.1. The summed E-state index contributed by atoms with van der Waals surface area (Å²) in [6.45, 7) is 0.699. The second-order valence-corrected chi connectivity index (χ2v) is 6.71. The lowest BCUT2D eigenvalue weighted by Gasteiger charge is -2.08. The molecular formula is C20H18BrN3O2. The number of aryl methyl sites for hydroxylation is 1. The van der Waals surface area contributed by atoms with Gasteiger partial charge in [0.2, 0.25) is 5.91 Å². The van der Waals surface area contributed by atoms with Gasteiger partial charge in [0, 0.05) is 29.1 Å². The van der Waals surface area contributed by atoms with Crippen molar-refractivity contribution in [3.63, 3.8) is 0 Å². The van der Waals surface area contributed by atoms with E-state index in [0.717, 1.165) is 15.6 Å². The van der Waals surface area contributed by atoms with Gasteiger partial charge in [0.15, 0.2) is 0 Å². The number of hydrogen-bond donors (Lipinski definition) is 1. The molecule has 0 aliphatic rings. The van der Waals surface area contributed by atoms with E-state index in [1.54, 1.807) is 6.07 Å². The summed E-state index contributed by atoms with van der Waals surface area (Å²) in [7, 11) is 0. The van der Waals surface area contributed by atoms with Crippen LogP contribution in [0.1, 0.15) is 12.0 Å². The highest BCUT2D eigenvalue weighted by atomic mass is 79.9. The zero-order chi connectivity index (χ0) is 18.4. The number of nitrogens with zero attached hydrogens (tertiary/aromatic N) is 2.